The topological polar surface area (TPSA) is 50.2 Å². The molecule has 0 saturated heterocycles. The molecule has 0 unspecified atom stereocenters. The molecule has 0 radical (unpaired) electrons. The second-order valence-corrected chi connectivity index (χ2v) is 2.97. The van der Waals surface area contributed by atoms with Crippen molar-refractivity contribution in [3.63, 3.8) is 0 Å². The zero-order valence-electron chi connectivity index (χ0n) is 7.50. The molecule has 0 aliphatic heterocycles. The number of aliphatic carboxylic acids is 1. The monoisotopic (exact) mass is 201 g/mol. The van der Waals surface area contributed by atoms with E-state index in [9.17, 15) is 13.6 Å². The quantitative estimate of drug-likeness (QED) is 0.813. The van der Waals surface area contributed by atoms with Crippen LogP contribution in [-0.4, -0.2) is 16.1 Å². The van der Waals surface area contributed by atoms with E-state index < -0.39 is 18.3 Å². The molecule has 1 heterocycles. The summed E-state index contributed by atoms with van der Waals surface area (Å²) in [7, 11) is 0. The maximum atomic E-state index is 13.2. The third kappa shape index (κ3) is 2.25. The second kappa shape index (κ2) is 3.69. The van der Waals surface area contributed by atoms with Gasteiger partial charge in [0, 0.05) is 18.0 Å². The van der Waals surface area contributed by atoms with Crippen LogP contribution in [0.25, 0.3) is 0 Å². The van der Waals surface area contributed by atoms with Gasteiger partial charge in [0.2, 0.25) is 0 Å². The van der Waals surface area contributed by atoms with Gasteiger partial charge in [0.25, 0.3) is 5.92 Å². The predicted molar refractivity (Wildman–Crippen MR) is 45.1 cm³/mol. The molecule has 1 N–H and O–H groups in total. The Balaban J connectivity index is 3.03. The van der Waals surface area contributed by atoms with E-state index in [1.54, 1.807) is 0 Å². The number of carbonyl (C=O) groups is 1. The van der Waals surface area contributed by atoms with Crippen LogP contribution in [0, 0.1) is 6.92 Å². The zero-order chi connectivity index (χ0) is 10.8. The van der Waals surface area contributed by atoms with E-state index >= 15 is 0 Å². The summed E-state index contributed by atoms with van der Waals surface area (Å²) in [6.07, 6.45) is 1.17. The minimum absolute atomic E-state index is 0.331. The molecule has 1 aromatic rings. The average Bonchev–Trinajstić information content (AvgIpc) is 2.02. The van der Waals surface area contributed by atoms with Crippen molar-refractivity contribution in [1.82, 2.24) is 4.98 Å². The molecule has 5 heteroatoms. The predicted octanol–water partition coefficient (Wildman–Crippen LogP) is 1.96. The summed E-state index contributed by atoms with van der Waals surface area (Å²) in [4.78, 5) is 13.7. The second-order valence-electron chi connectivity index (χ2n) is 2.97. The Hall–Kier alpha value is -1.52. The summed E-state index contributed by atoms with van der Waals surface area (Å²) in [5.41, 5.74) is 0.00801. The first-order valence-corrected chi connectivity index (χ1v) is 3.94. The van der Waals surface area contributed by atoms with Gasteiger partial charge in [-0.3, -0.25) is 9.78 Å². The molecular formula is C9H9F2NO2. The third-order valence-electron chi connectivity index (χ3n) is 1.81. The molecule has 0 spiro atoms. The van der Waals surface area contributed by atoms with Crippen LogP contribution in [0.5, 0.6) is 0 Å². The summed E-state index contributed by atoms with van der Waals surface area (Å²) >= 11 is 0. The molecule has 14 heavy (non-hydrogen) atoms. The molecule has 1 rings (SSSR count). The van der Waals surface area contributed by atoms with Crippen LogP contribution < -0.4 is 0 Å². The van der Waals surface area contributed by atoms with Crippen molar-refractivity contribution in [3.8, 4) is 0 Å². The van der Waals surface area contributed by atoms with E-state index in [1.165, 1.54) is 19.2 Å². The van der Waals surface area contributed by atoms with Crippen LogP contribution in [-0.2, 0) is 10.7 Å². The van der Waals surface area contributed by atoms with Crippen molar-refractivity contribution in [3.05, 3.63) is 29.6 Å². The van der Waals surface area contributed by atoms with E-state index in [2.05, 4.69) is 4.98 Å². The number of halogens is 2. The zero-order valence-corrected chi connectivity index (χ0v) is 7.50. The van der Waals surface area contributed by atoms with E-state index in [-0.39, 0.29) is 5.56 Å². The number of hydrogen-bond acceptors (Lipinski definition) is 2. The maximum Gasteiger partial charge on any atom is 0.309 e. The van der Waals surface area contributed by atoms with E-state index in [1.807, 2.05) is 0 Å². The van der Waals surface area contributed by atoms with Gasteiger partial charge in [-0.25, -0.2) is 8.78 Å². The number of carboxylic acids is 1. The normalized spacial score (nSPS) is 11.4. The Morgan fingerprint density at radius 2 is 2.29 bits per heavy atom. The highest BCUT2D eigenvalue weighted by Crippen LogP contribution is 2.32. The van der Waals surface area contributed by atoms with Crippen molar-refractivity contribution in [1.29, 1.82) is 0 Å². The van der Waals surface area contributed by atoms with Crippen LogP contribution >= 0.6 is 0 Å². The summed E-state index contributed by atoms with van der Waals surface area (Å²) in [5, 5.41) is 8.30. The van der Waals surface area contributed by atoms with Crippen molar-refractivity contribution >= 4 is 5.97 Å². The van der Waals surface area contributed by atoms with Gasteiger partial charge in [-0.15, -0.1) is 0 Å². The van der Waals surface area contributed by atoms with Crippen LogP contribution in [0.2, 0.25) is 0 Å². The van der Waals surface area contributed by atoms with Crippen LogP contribution in [0.1, 0.15) is 17.5 Å². The number of nitrogens with zero attached hydrogens (tertiary/aromatic N) is 1. The summed E-state index contributed by atoms with van der Waals surface area (Å²) in [5.74, 6) is -4.89. The van der Waals surface area contributed by atoms with Crippen molar-refractivity contribution in [2.45, 2.75) is 19.3 Å². The lowest BCUT2D eigenvalue weighted by atomic mass is 10.0. The number of rotatable bonds is 3. The van der Waals surface area contributed by atoms with Gasteiger partial charge in [0.15, 0.2) is 0 Å². The SMILES string of the molecule is Cc1ccncc1C(F)(F)CC(=O)O. The average molecular weight is 201 g/mol. The van der Waals surface area contributed by atoms with Crippen molar-refractivity contribution < 1.29 is 18.7 Å². The summed E-state index contributed by atoms with van der Waals surface area (Å²) in [6, 6.07) is 1.42. The Morgan fingerprint density at radius 1 is 1.64 bits per heavy atom. The van der Waals surface area contributed by atoms with Gasteiger partial charge >= 0.3 is 5.97 Å². The molecule has 0 bridgehead atoms. The first kappa shape index (κ1) is 10.6. The highest BCUT2D eigenvalue weighted by Gasteiger charge is 2.36. The fourth-order valence-electron chi connectivity index (χ4n) is 1.13. The van der Waals surface area contributed by atoms with E-state index in [0.29, 0.717) is 5.56 Å². The molecule has 0 fully saturated rings. The first-order valence-electron chi connectivity index (χ1n) is 3.94. The van der Waals surface area contributed by atoms with Crippen molar-refractivity contribution in [2.24, 2.45) is 0 Å². The molecule has 0 aliphatic rings. The third-order valence-corrected chi connectivity index (χ3v) is 1.81. The number of pyridine rings is 1. The fourth-order valence-corrected chi connectivity index (χ4v) is 1.13. The van der Waals surface area contributed by atoms with Crippen LogP contribution in [0.3, 0.4) is 0 Å². The van der Waals surface area contributed by atoms with Gasteiger partial charge < -0.3 is 5.11 Å². The fraction of sp³-hybridized carbons (Fsp3) is 0.333. The smallest absolute Gasteiger partial charge is 0.309 e. The van der Waals surface area contributed by atoms with Crippen LogP contribution in [0.15, 0.2) is 18.5 Å². The Bertz CT molecular complexity index is 352. The Morgan fingerprint density at radius 3 is 2.79 bits per heavy atom. The molecule has 0 saturated carbocycles. The number of hydrogen-bond donors (Lipinski definition) is 1. The van der Waals surface area contributed by atoms with Gasteiger partial charge in [-0.2, -0.15) is 0 Å². The molecule has 0 aliphatic carbocycles. The summed E-state index contributed by atoms with van der Waals surface area (Å²) in [6.45, 7) is 1.49. The molecule has 0 aromatic carbocycles. The lowest BCUT2D eigenvalue weighted by molar-refractivity contribution is -0.145. The highest BCUT2D eigenvalue weighted by atomic mass is 19.3. The molecular weight excluding hydrogens is 192 g/mol. The number of alkyl halides is 2. The summed E-state index contributed by atoms with van der Waals surface area (Å²) < 4.78 is 26.5. The van der Waals surface area contributed by atoms with Gasteiger partial charge in [-0.1, -0.05) is 0 Å². The Labute approximate surface area is 79.4 Å². The lowest BCUT2D eigenvalue weighted by Crippen LogP contribution is -2.19. The van der Waals surface area contributed by atoms with E-state index in [0.717, 1.165) is 6.20 Å². The minimum Gasteiger partial charge on any atom is -0.481 e. The molecule has 76 valence electrons. The van der Waals surface area contributed by atoms with Gasteiger partial charge in [0.05, 0.1) is 0 Å². The van der Waals surface area contributed by atoms with Gasteiger partial charge in [-0.05, 0) is 18.6 Å². The van der Waals surface area contributed by atoms with Crippen molar-refractivity contribution in [2.75, 3.05) is 0 Å². The Kier molecular flexibility index (Phi) is 2.78. The minimum atomic E-state index is -3.36. The molecule has 1 aromatic heterocycles. The standard InChI is InChI=1S/C9H9F2NO2/c1-6-2-3-12-5-7(6)9(10,11)4-8(13)14/h2-3,5H,4H2,1H3,(H,13,14). The van der Waals surface area contributed by atoms with Gasteiger partial charge in [0.1, 0.15) is 6.42 Å². The lowest BCUT2D eigenvalue weighted by Gasteiger charge is -2.15. The molecule has 0 atom stereocenters. The largest absolute Gasteiger partial charge is 0.481 e. The highest BCUT2D eigenvalue weighted by molar-refractivity contribution is 5.68. The van der Waals surface area contributed by atoms with E-state index in [4.69, 9.17) is 5.11 Å². The number of aromatic nitrogens is 1. The maximum absolute atomic E-state index is 13.2. The molecule has 3 nitrogen and oxygen atoms in total. The molecule has 0 amide bonds. The first-order chi connectivity index (χ1) is 6.43. The van der Waals surface area contributed by atoms with Crippen LogP contribution in [0.4, 0.5) is 8.78 Å². The number of carboxylic acid groups (broad SMARTS) is 1. The number of aryl methyl sites for hydroxylation is 1.